The molecule has 2 rings (SSSR count). The number of amides is 1. The van der Waals surface area contributed by atoms with Crippen LogP contribution in [-0.2, 0) is 11.0 Å². The number of alkyl halides is 3. The van der Waals surface area contributed by atoms with Crippen LogP contribution in [0.3, 0.4) is 0 Å². The minimum Gasteiger partial charge on any atom is -0.376 e. The second-order valence-electron chi connectivity index (χ2n) is 5.53. The summed E-state index contributed by atoms with van der Waals surface area (Å²) in [7, 11) is 0. The van der Waals surface area contributed by atoms with E-state index in [9.17, 15) is 28.1 Å². The highest BCUT2D eigenvalue weighted by Crippen LogP contribution is 2.36. The van der Waals surface area contributed by atoms with E-state index >= 15 is 0 Å². The van der Waals surface area contributed by atoms with Gasteiger partial charge < -0.3 is 11.1 Å². The maximum Gasteiger partial charge on any atom is 0.416 e. The molecule has 126 valence electrons. The Bertz CT molecular complexity index is 619. The predicted molar refractivity (Wildman–Crippen MR) is 76.7 cm³/mol. The van der Waals surface area contributed by atoms with Crippen molar-refractivity contribution in [2.75, 3.05) is 5.32 Å². The molecule has 0 bridgehead atoms. The molecule has 2 unspecified atom stereocenters. The first-order chi connectivity index (χ1) is 10.7. The van der Waals surface area contributed by atoms with Gasteiger partial charge in [-0.3, -0.25) is 14.9 Å². The Labute approximate surface area is 130 Å². The largest absolute Gasteiger partial charge is 0.416 e. The summed E-state index contributed by atoms with van der Waals surface area (Å²) in [6.07, 6.45) is -1.89. The SMILES string of the molecule is NC(=O)C1CCCCC1Nc1ccc(C(F)(F)F)cc1[N+](=O)[O-]. The molecular formula is C14H16F3N3O3. The van der Waals surface area contributed by atoms with Crippen molar-refractivity contribution < 1.29 is 22.9 Å². The Morgan fingerprint density at radius 3 is 2.52 bits per heavy atom. The van der Waals surface area contributed by atoms with E-state index in [-0.39, 0.29) is 5.69 Å². The Hall–Kier alpha value is -2.32. The molecule has 1 aliphatic carbocycles. The molecule has 1 amide bonds. The van der Waals surface area contributed by atoms with Crippen LogP contribution in [0.1, 0.15) is 31.2 Å². The topological polar surface area (TPSA) is 98.3 Å². The van der Waals surface area contributed by atoms with Crippen molar-refractivity contribution in [1.82, 2.24) is 0 Å². The summed E-state index contributed by atoms with van der Waals surface area (Å²) in [5.74, 6) is -1.01. The normalized spacial score (nSPS) is 21.7. The number of nitrogens with two attached hydrogens (primary N) is 1. The van der Waals surface area contributed by atoms with Gasteiger partial charge in [-0.15, -0.1) is 0 Å². The highest BCUT2D eigenvalue weighted by molar-refractivity contribution is 5.78. The Balaban J connectivity index is 2.31. The van der Waals surface area contributed by atoms with E-state index in [1.807, 2.05) is 0 Å². The molecule has 1 saturated carbocycles. The van der Waals surface area contributed by atoms with Crippen molar-refractivity contribution in [3.63, 3.8) is 0 Å². The Morgan fingerprint density at radius 1 is 1.30 bits per heavy atom. The van der Waals surface area contributed by atoms with Gasteiger partial charge in [0.1, 0.15) is 5.69 Å². The molecule has 9 heteroatoms. The minimum absolute atomic E-state index is 0.0406. The second kappa shape index (κ2) is 6.43. The van der Waals surface area contributed by atoms with Gasteiger partial charge in [0.15, 0.2) is 0 Å². The Morgan fingerprint density at radius 2 is 1.96 bits per heavy atom. The van der Waals surface area contributed by atoms with E-state index in [1.54, 1.807) is 0 Å². The molecule has 0 heterocycles. The number of benzene rings is 1. The molecule has 6 nitrogen and oxygen atoms in total. The summed E-state index contributed by atoms with van der Waals surface area (Å²) in [6, 6.07) is 1.87. The molecular weight excluding hydrogens is 315 g/mol. The number of primary amides is 1. The molecule has 1 aromatic rings. The molecule has 0 spiro atoms. The van der Waals surface area contributed by atoms with Gasteiger partial charge in [0, 0.05) is 12.1 Å². The zero-order chi connectivity index (χ0) is 17.2. The fourth-order valence-electron chi connectivity index (χ4n) is 2.82. The fraction of sp³-hybridized carbons (Fsp3) is 0.500. The highest BCUT2D eigenvalue weighted by atomic mass is 19.4. The van der Waals surface area contributed by atoms with E-state index in [1.165, 1.54) is 0 Å². The first kappa shape index (κ1) is 17.0. The average molecular weight is 331 g/mol. The molecule has 0 saturated heterocycles. The highest BCUT2D eigenvalue weighted by Gasteiger charge is 2.34. The van der Waals surface area contributed by atoms with Crippen LogP contribution in [0, 0.1) is 16.0 Å². The molecule has 23 heavy (non-hydrogen) atoms. The van der Waals surface area contributed by atoms with Gasteiger partial charge in [0.25, 0.3) is 5.69 Å². The standard InChI is InChI=1S/C14H16F3N3O3/c15-14(16,17)8-5-6-11(12(7-8)20(22)23)19-10-4-2-1-3-9(10)13(18)21/h5-7,9-10,19H,1-4H2,(H2,18,21). The lowest BCUT2D eigenvalue weighted by molar-refractivity contribution is -0.384. The van der Waals surface area contributed by atoms with Gasteiger partial charge in [-0.1, -0.05) is 12.8 Å². The number of carbonyl (C=O) groups excluding carboxylic acids is 1. The van der Waals surface area contributed by atoms with Gasteiger partial charge >= 0.3 is 6.18 Å². The van der Waals surface area contributed by atoms with Gasteiger partial charge in [0.05, 0.1) is 16.4 Å². The van der Waals surface area contributed by atoms with Crippen LogP contribution in [0.5, 0.6) is 0 Å². The summed E-state index contributed by atoms with van der Waals surface area (Å²) < 4.78 is 38.1. The van der Waals surface area contributed by atoms with E-state index in [4.69, 9.17) is 5.73 Å². The van der Waals surface area contributed by atoms with E-state index in [0.717, 1.165) is 25.0 Å². The van der Waals surface area contributed by atoms with Crippen molar-refractivity contribution in [1.29, 1.82) is 0 Å². The molecule has 1 aromatic carbocycles. The minimum atomic E-state index is -4.66. The third-order valence-corrected chi connectivity index (χ3v) is 3.99. The number of rotatable bonds is 4. The number of nitro benzene ring substituents is 1. The fourth-order valence-corrected chi connectivity index (χ4v) is 2.82. The number of nitro groups is 1. The Kier molecular flexibility index (Phi) is 4.76. The van der Waals surface area contributed by atoms with Crippen molar-refractivity contribution in [2.45, 2.75) is 37.9 Å². The van der Waals surface area contributed by atoms with Crippen LogP contribution in [0.2, 0.25) is 0 Å². The monoisotopic (exact) mass is 331 g/mol. The van der Waals surface area contributed by atoms with Crippen LogP contribution in [0.25, 0.3) is 0 Å². The number of nitrogens with one attached hydrogen (secondary N) is 1. The first-order valence-electron chi connectivity index (χ1n) is 7.11. The molecule has 3 N–H and O–H groups in total. The quantitative estimate of drug-likeness (QED) is 0.654. The molecule has 1 fully saturated rings. The molecule has 1 aliphatic rings. The lowest BCUT2D eigenvalue weighted by Gasteiger charge is -2.30. The molecule has 0 aliphatic heterocycles. The number of nitrogens with zero attached hydrogens (tertiary/aromatic N) is 1. The van der Waals surface area contributed by atoms with Crippen molar-refractivity contribution in [3.8, 4) is 0 Å². The summed E-state index contributed by atoms with van der Waals surface area (Å²) in [5.41, 5.74) is 3.52. The smallest absolute Gasteiger partial charge is 0.376 e. The van der Waals surface area contributed by atoms with Crippen molar-refractivity contribution in [2.24, 2.45) is 11.7 Å². The summed E-state index contributed by atoms with van der Waals surface area (Å²) in [4.78, 5) is 21.6. The summed E-state index contributed by atoms with van der Waals surface area (Å²) in [5, 5.41) is 13.9. The number of carbonyl (C=O) groups is 1. The second-order valence-corrected chi connectivity index (χ2v) is 5.53. The molecule has 2 atom stereocenters. The van der Waals surface area contributed by atoms with E-state index in [2.05, 4.69) is 5.32 Å². The first-order valence-corrected chi connectivity index (χ1v) is 7.11. The van der Waals surface area contributed by atoms with Crippen LogP contribution >= 0.6 is 0 Å². The summed E-state index contributed by atoms with van der Waals surface area (Å²) >= 11 is 0. The van der Waals surface area contributed by atoms with Gasteiger partial charge in [0.2, 0.25) is 5.91 Å². The molecule has 0 aromatic heterocycles. The summed E-state index contributed by atoms with van der Waals surface area (Å²) in [6.45, 7) is 0. The zero-order valence-electron chi connectivity index (χ0n) is 12.1. The van der Waals surface area contributed by atoms with Crippen LogP contribution < -0.4 is 11.1 Å². The van der Waals surface area contributed by atoms with Crippen LogP contribution in [0.4, 0.5) is 24.5 Å². The van der Waals surface area contributed by atoms with Crippen molar-refractivity contribution >= 4 is 17.3 Å². The number of hydrogen-bond acceptors (Lipinski definition) is 4. The van der Waals surface area contributed by atoms with Gasteiger partial charge in [-0.05, 0) is 25.0 Å². The van der Waals surface area contributed by atoms with Crippen molar-refractivity contribution in [3.05, 3.63) is 33.9 Å². The third kappa shape index (κ3) is 3.91. The average Bonchev–Trinajstić information content (AvgIpc) is 2.46. The number of anilines is 1. The zero-order valence-corrected chi connectivity index (χ0v) is 12.1. The maximum atomic E-state index is 12.7. The molecule has 0 radical (unpaired) electrons. The van der Waals surface area contributed by atoms with Crippen LogP contribution in [-0.4, -0.2) is 16.9 Å². The number of hydrogen-bond donors (Lipinski definition) is 2. The van der Waals surface area contributed by atoms with Gasteiger partial charge in [-0.2, -0.15) is 13.2 Å². The number of halogens is 3. The van der Waals surface area contributed by atoms with Crippen LogP contribution in [0.15, 0.2) is 18.2 Å². The third-order valence-electron chi connectivity index (χ3n) is 3.99. The van der Waals surface area contributed by atoms with E-state index < -0.39 is 40.2 Å². The lowest BCUT2D eigenvalue weighted by Crippen LogP contribution is -2.40. The maximum absolute atomic E-state index is 12.7. The van der Waals surface area contributed by atoms with Gasteiger partial charge in [-0.25, -0.2) is 0 Å². The van der Waals surface area contributed by atoms with E-state index in [0.29, 0.717) is 18.9 Å². The lowest BCUT2D eigenvalue weighted by atomic mass is 9.84. The predicted octanol–water partition coefficient (Wildman–Crippen LogP) is 3.07.